The average molecular weight is 380 g/mol. The van der Waals surface area contributed by atoms with Crippen molar-refractivity contribution in [2.24, 2.45) is 0 Å². The van der Waals surface area contributed by atoms with Gasteiger partial charge in [-0.1, -0.05) is 0 Å². The molecule has 0 bridgehead atoms. The van der Waals surface area contributed by atoms with Gasteiger partial charge in [0.2, 0.25) is 0 Å². The summed E-state index contributed by atoms with van der Waals surface area (Å²) < 4.78 is 18.5. The Kier molecular flexibility index (Phi) is 5.14. The molecule has 1 fully saturated rings. The standard InChI is InChI=1S/C20H21FN6O/c21-15-4-1-13(2-5-15)19(23)16-11-14(3-6-17(16)22)20-24-18(25-26-20)12-27-7-9-28-10-8-27/h1-6,11,23H,7-10,12,22H2,(H,24,25,26). The van der Waals surface area contributed by atoms with E-state index in [1.54, 1.807) is 24.3 Å². The molecule has 3 aromatic rings. The van der Waals surface area contributed by atoms with Crippen LogP contribution in [0.1, 0.15) is 17.0 Å². The molecular weight excluding hydrogens is 359 g/mol. The van der Waals surface area contributed by atoms with Crippen molar-refractivity contribution in [3.63, 3.8) is 0 Å². The number of nitrogen functional groups attached to an aromatic ring is 1. The number of aromatic amines is 1. The van der Waals surface area contributed by atoms with Crippen molar-refractivity contribution in [2.75, 3.05) is 32.0 Å². The molecule has 2 heterocycles. The highest BCUT2D eigenvalue weighted by atomic mass is 19.1. The number of halogens is 1. The highest BCUT2D eigenvalue weighted by Crippen LogP contribution is 2.24. The number of H-pyrrole nitrogens is 1. The molecule has 0 saturated carbocycles. The van der Waals surface area contributed by atoms with Gasteiger partial charge in [-0.05, 0) is 42.5 Å². The molecule has 0 amide bonds. The topological polar surface area (TPSA) is 104 Å². The van der Waals surface area contributed by atoms with Crippen LogP contribution in [0.5, 0.6) is 0 Å². The summed E-state index contributed by atoms with van der Waals surface area (Å²) in [4.78, 5) is 6.84. The van der Waals surface area contributed by atoms with Crippen molar-refractivity contribution < 1.29 is 9.13 Å². The number of rotatable bonds is 5. The van der Waals surface area contributed by atoms with E-state index in [4.69, 9.17) is 15.9 Å². The highest BCUT2D eigenvalue weighted by molar-refractivity contribution is 6.14. The highest BCUT2D eigenvalue weighted by Gasteiger charge is 2.15. The fraction of sp³-hybridized carbons (Fsp3) is 0.250. The first-order chi connectivity index (χ1) is 13.6. The van der Waals surface area contributed by atoms with Crippen LogP contribution in [0.25, 0.3) is 11.4 Å². The van der Waals surface area contributed by atoms with Gasteiger partial charge >= 0.3 is 0 Å². The SMILES string of the molecule is N=C(c1ccc(F)cc1)c1cc(-c2n[nH]c(CN3CCOCC3)n2)ccc1N. The van der Waals surface area contributed by atoms with Crippen LogP contribution in [0.15, 0.2) is 42.5 Å². The molecule has 28 heavy (non-hydrogen) atoms. The summed E-state index contributed by atoms with van der Waals surface area (Å²) in [5.41, 5.74) is 8.70. The molecule has 1 aliphatic rings. The van der Waals surface area contributed by atoms with Crippen molar-refractivity contribution in [1.82, 2.24) is 20.1 Å². The molecule has 4 rings (SSSR count). The Labute approximate surface area is 161 Å². The minimum absolute atomic E-state index is 0.225. The third-order valence-corrected chi connectivity index (χ3v) is 4.72. The maximum absolute atomic E-state index is 13.2. The Morgan fingerprint density at radius 2 is 1.93 bits per heavy atom. The molecule has 144 valence electrons. The molecule has 0 spiro atoms. The number of ether oxygens (including phenoxy) is 1. The van der Waals surface area contributed by atoms with E-state index in [9.17, 15) is 4.39 Å². The molecular formula is C20H21FN6O. The van der Waals surface area contributed by atoms with Gasteiger partial charge in [0.25, 0.3) is 0 Å². The van der Waals surface area contributed by atoms with Crippen LogP contribution in [0.2, 0.25) is 0 Å². The van der Waals surface area contributed by atoms with Gasteiger partial charge in [-0.15, -0.1) is 0 Å². The Bertz CT molecular complexity index is 979. The summed E-state index contributed by atoms with van der Waals surface area (Å²) in [5.74, 6) is 0.993. The lowest BCUT2D eigenvalue weighted by Gasteiger charge is -2.25. The molecule has 0 atom stereocenters. The van der Waals surface area contributed by atoms with Crippen LogP contribution in [0, 0.1) is 11.2 Å². The number of anilines is 1. The number of nitrogens with two attached hydrogens (primary N) is 1. The van der Waals surface area contributed by atoms with Crippen molar-refractivity contribution in [1.29, 1.82) is 5.41 Å². The Balaban J connectivity index is 1.56. The third kappa shape index (κ3) is 3.92. The second kappa shape index (κ2) is 7.87. The molecule has 0 radical (unpaired) electrons. The first-order valence-electron chi connectivity index (χ1n) is 9.06. The third-order valence-electron chi connectivity index (χ3n) is 4.72. The van der Waals surface area contributed by atoms with Gasteiger partial charge in [-0.2, -0.15) is 5.10 Å². The molecule has 1 aromatic heterocycles. The quantitative estimate of drug-likeness (QED) is 0.466. The van der Waals surface area contributed by atoms with E-state index in [0.717, 1.165) is 37.7 Å². The molecule has 8 heteroatoms. The van der Waals surface area contributed by atoms with Crippen molar-refractivity contribution in [2.45, 2.75) is 6.54 Å². The number of hydrogen-bond donors (Lipinski definition) is 3. The van der Waals surface area contributed by atoms with Crippen LogP contribution >= 0.6 is 0 Å². The van der Waals surface area contributed by atoms with E-state index < -0.39 is 0 Å². The number of aromatic nitrogens is 3. The Morgan fingerprint density at radius 3 is 2.68 bits per heavy atom. The molecule has 2 aromatic carbocycles. The van der Waals surface area contributed by atoms with Gasteiger partial charge in [0.05, 0.1) is 25.5 Å². The van der Waals surface area contributed by atoms with Crippen LogP contribution < -0.4 is 5.73 Å². The number of nitrogens with zero attached hydrogens (tertiary/aromatic N) is 3. The van der Waals surface area contributed by atoms with Crippen LogP contribution in [0.3, 0.4) is 0 Å². The van der Waals surface area contributed by atoms with E-state index >= 15 is 0 Å². The summed E-state index contributed by atoms with van der Waals surface area (Å²) in [6.45, 7) is 3.89. The van der Waals surface area contributed by atoms with Gasteiger partial charge in [-0.3, -0.25) is 15.4 Å². The zero-order valence-electron chi connectivity index (χ0n) is 15.3. The molecule has 0 unspecified atom stereocenters. The van der Waals surface area contributed by atoms with E-state index in [1.807, 2.05) is 6.07 Å². The van der Waals surface area contributed by atoms with Gasteiger partial charge in [0.1, 0.15) is 11.6 Å². The molecule has 0 aliphatic carbocycles. The second-order valence-electron chi connectivity index (χ2n) is 6.68. The van der Waals surface area contributed by atoms with Gasteiger partial charge in [0.15, 0.2) is 5.82 Å². The average Bonchev–Trinajstić information content (AvgIpc) is 3.17. The lowest BCUT2D eigenvalue weighted by atomic mass is 9.98. The second-order valence-corrected chi connectivity index (χ2v) is 6.68. The summed E-state index contributed by atoms with van der Waals surface area (Å²) in [6, 6.07) is 11.2. The number of benzene rings is 2. The number of hydrogen-bond acceptors (Lipinski definition) is 6. The maximum atomic E-state index is 13.2. The molecule has 4 N–H and O–H groups in total. The summed E-state index contributed by atoms with van der Waals surface area (Å²) in [5, 5.41) is 15.7. The van der Waals surface area contributed by atoms with Crippen LogP contribution in [-0.4, -0.2) is 52.1 Å². The Morgan fingerprint density at radius 1 is 1.18 bits per heavy atom. The van der Waals surface area contributed by atoms with E-state index in [0.29, 0.717) is 29.2 Å². The minimum atomic E-state index is -0.341. The van der Waals surface area contributed by atoms with Gasteiger partial charge in [-0.25, -0.2) is 9.37 Å². The van der Waals surface area contributed by atoms with Crippen molar-refractivity contribution >= 4 is 11.4 Å². The summed E-state index contributed by atoms with van der Waals surface area (Å²) >= 11 is 0. The van der Waals surface area contributed by atoms with E-state index in [-0.39, 0.29) is 11.5 Å². The fourth-order valence-corrected chi connectivity index (χ4v) is 3.15. The first kappa shape index (κ1) is 18.3. The smallest absolute Gasteiger partial charge is 0.181 e. The normalized spacial score (nSPS) is 14.9. The Hall–Kier alpha value is -3.10. The predicted molar refractivity (Wildman–Crippen MR) is 105 cm³/mol. The van der Waals surface area contributed by atoms with Crippen LogP contribution in [0.4, 0.5) is 10.1 Å². The van der Waals surface area contributed by atoms with Crippen LogP contribution in [-0.2, 0) is 11.3 Å². The molecule has 1 aliphatic heterocycles. The first-order valence-corrected chi connectivity index (χ1v) is 9.06. The lowest BCUT2D eigenvalue weighted by Crippen LogP contribution is -2.35. The maximum Gasteiger partial charge on any atom is 0.181 e. The largest absolute Gasteiger partial charge is 0.398 e. The van der Waals surface area contributed by atoms with E-state index in [2.05, 4.69) is 20.1 Å². The minimum Gasteiger partial charge on any atom is -0.398 e. The predicted octanol–water partition coefficient (Wildman–Crippen LogP) is 2.44. The van der Waals surface area contributed by atoms with Crippen molar-refractivity contribution in [3.8, 4) is 11.4 Å². The molecule has 7 nitrogen and oxygen atoms in total. The zero-order valence-corrected chi connectivity index (χ0v) is 15.3. The fourth-order valence-electron chi connectivity index (χ4n) is 3.15. The van der Waals surface area contributed by atoms with Gasteiger partial charge in [0, 0.05) is 35.5 Å². The summed E-state index contributed by atoms with van der Waals surface area (Å²) in [7, 11) is 0. The lowest BCUT2D eigenvalue weighted by molar-refractivity contribution is 0.0331. The number of morpholine rings is 1. The van der Waals surface area contributed by atoms with Crippen molar-refractivity contribution in [3.05, 3.63) is 65.2 Å². The molecule has 1 saturated heterocycles. The monoisotopic (exact) mass is 380 g/mol. The number of nitrogens with one attached hydrogen (secondary N) is 2. The van der Waals surface area contributed by atoms with E-state index in [1.165, 1.54) is 12.1 Å². The summed E-state index contributed by atoms with van der Waals surface area (Å²) in [6.07, 6.45) is 0. The van der Waals surface area contributed by atoms with Gasteiger partial charge < -0.3 is 10.5 Å². The zero-order chi connectivity index (χ0) is 19.5.